The van der Waals surface area contributed by atoms with Gasteiger partial charge in [-0.15, -0.1) is 0 Å². The smallest absolute Gasteiger partial charge is 0.0857 e. The Balaban J connectivity index is 2.81. The minimum Gasteiger partial charge on any atom is -0.388 e. The summed E-state index contributed by atoms with van der Waals surface area (Å²) in [5.74, 6) is 0. The average Bonchev–Trinajstić information content (AvgIpc) is 2.15. The van der Waals surface area contributed by atoms with E-state index in [-0.39, 0.29) is 6.54 Å². The molecule has 1 atom stereocenters. The van der Waals surface area contributed by atoms with Gasteiger partial charge in [-0.25, -0.2) is 0 Å². The fourth-order valence-electron chi connectivity index (χ4n) is 0.958. The van der Waals surface area contributed by atoms with E-state index >= 15 is 0 Å². The fraction of sp³-hybridized carbons (Fsp3) is 0.250. The van der Waals surface area contributed by atoms with Gasteiger partial charge in [0.1, 0.15) is 0 Å². The molecule has 1 rings (SSSR count). The van der Waals surface area contributed by atoms with Gasteiger partial charge in [0.2, 0.25) is 0 Å². The van der Waals surface area contributed by atoms with Gasteiger partial charge in [-0.05, 0) is 17.2 Å². The molecule has 0 spiro atoms. The number of aliphatic hydroxyl groups is 1. The van der Waals surface area contributed by atoms with Crippen LogP contribution in [0.1, 0.15) is 11.7 Å². The van der Waals surface area contributed by atoms with Crippen LogP contribution >= 0.6 is 15.9 Å². The zero-order valence-electron chi connectivity index (χ0n) is 6.76. The summed E-state index contributed by atoms with van der Waals surface area (Å²) < 4.78 is 0.815. The average molecular weight is 242 g/mol. The predicted molar refractivity (Wildman–Crippen MR) is 53.1 cm³/mol. The monoisotopic (exact) mass is 241 g/mol. The molecule has 0 aromatic heterocycles. The summed E-state index contributed by atoms with van der Waals surface area (Å²) in [5.41, 5.74) is 8.80. The fourth-order valence-corrected chi connectivity index (χ4v) is 1.51. The molecule has 0 aliphatic rings. The maximum Gasteiger partial charge on any atom is 0.0857 e. The van der Waals surface area contributed by atoms with E-state index in [0.717, 1.165) is 10.0 Å². The van der Waals surface area contributed by atoms with Gasteiger partial charge in [-0.3, -0.25) is 0 Å². The highest BCUT2D eigenvalue weighted by molar-refractivity contribution is 9.10. The molecule has 0 saturated heterocycles. The van der Waals surface area contributed by atoms with Gasteiger partial charge in [0.15, 0.2) is 0 Å². The second-order valence-corrected chi connectivity index (χ2v) is 3.31. The molecule has 0 saturated carbocycles. The molecule has 0 aliphatic carbocycles. The van der Waals surface area contributed by atoms with Crippen molar-refractivity contribution >= 4 is 15.9 Å². The summed E-state index contributed by atoms with van der Waals surface area (Å²) in [5, 5.41) is 12.8. The number of rotatable bonds is 3. The first-order valence-electron chi connectivity index (χ1n) is 3.69. The summed E-state index contributed by atoms with van der Waals surface area (Å²) in [4.78, 5) is 2.58. The Labute approximate surface area is 84.0 Å². The summed E-state index contributed by atoms with van der Waals surface area (Å²) in [6, 6.07) is 7.28. The Morgan fingerprint density at radius 3 is 2.85 bits per heavy atom. The quantitative estimate of drug-likeness (QED) is 0.494. The molecule has 1 N–H and O–H groups in total. The molecular formula is C8H8BrN3O. The first kappa shape index (κ1) is 10.1. The molecule has 0 aliphatic heterocycles. The van der Waals surface area contributed by atoms with E-state index in [9.17, 15) is 5.11 Å². The number of hydrogen-bond donors (Lipinski definition) is 1. The zero-order chi connectivity index (χ0) is 9.68. The lowest BCUT2D eigenvalue weighted by Gasteiger charge is -2.08. The van der Waals surface area contributed by atoms with Crippen molar-refractivity contribution in [3.63, 3.8) is 0 Å². The van der Waals surface area contributed by atoms with Crippen LogP contribution in [0, 0.1) is 0 Å². The van der Waals surface area contributed by atoms with Crippen molar-refractivity contribution in [3.8, 4) is 0 Å². The van der Waals surface area contributed by atoms with Crippen molar-refractivity contribution in [2.45, 2.75) is 6.10 Å². The van der Waals surface area contributed by atoms with Crippen LogP contribution in [0.5, 0.6) is 0 Å². The second-order valence-electron chi connectivity index (χ2n) is 2.45. The highest BCUT2D eigenvalue weighted by Gasteiger charge is 2.08. The number of benzene rings is 1. The van der Waals surface area contributed by atoms with Crippen molar-refractivity contribution in [3.05, 3.63) is 44.7 Å². The standard InChI is InChI=1S/C8H8BrN3O/c9-7-4-2-1-3-6(7)8(13)5-11-12-10/h1-4,8,13H,5H2/t8-/m0/s1. The van der Waals surface area contributed by atoms with Crippen molar-refractivity contribution in [2.24, 2.45) is 5.11 Å². The molecule has 0 unspecified atom stereocenters. The second kappa shape index (κ2) is 4.87. The zero-order valence-corrected chi connectivity index (χ0v) is 8.35. The molecule has 13 heavy (non-hydrogen) atoms. The summed E-state index contributed by atoms with van der Waals surface area (Å²) in [6.45, 7) is 0.0547. The van der Waals surface area contributed by atoms with Gasteiger partial charge in [0, 0.05) is 9.38 Å². The molecular weight excluding hydrogens is 234 g/mol. The summed E-state index contributed by atoms with van der Waals surface area (Å²) in [6.07, 6.45) is -0.744. The SMILES string of the molecule is [N-]=[N+]=NC[C@H](O)c1ccccc1Br. The molecule has 4 nitrogen and oxygen atoms in total. The topological polar surface area (TPSA) is 69.0 Å². The highest BCUT2D eigenvalue weighted by atomic mass is 79.9. The molecule has 0 fully saturated rings. The number of halogens is 1. The Hall–Kier alpha value is -1.03. The van der Waals surface area contributed by atoms with E-state index in [4.69, 9.17) is 5.53 Å². The number of hydrogen-bond acceptors (Lipinski definition) is 2. The minimum atomic E-state index is -0.744. The van der Waals surface area contributed by atoms with Crippen molar-refractivity contribution in [1.29, 1.82) is 0 Å². The van der Waals surface area contributed by atoms with E-state index < -0.39 is 6.10 Å². The highest BCUT2D eigenvalue weighted by Crippen LogP contribution is 2.22. The third-order valence-electron chi connectivity index (χ3n) is 1.58. The largest absolute Gasteiger partial charge is 0.388 e. The first-order valence-corrected chi connectivity index (χ1v) is 4.48. The van der Waals surface area contributed by atoms with E-state index in [0.29, 0.717) is 0 Å². The maximum absolute atomic E-state index is 9.54. The Morgan fingerprint density at radius 2 is 2.23 bits per heavy atom. The normalized spacial score (nSPS) is 11.8. The minimum absolute atomic E-state index is 0.0547. The van der Waals surface area contributed by atoms with Crippen molar-refractivity contribution < 1.29 is 5.11 Å². The number of nitrogens with zero attached hydrogens (tertiary/aromatic N) is 3. The van der Waals surface area contributed by atoms with Crippen LogP contribution in [-0.4, -0.2) is 11.7 Å². The molecule has 1 aromatic rings. The van der Waals surface area contributed by atoms with Crippen LogP contribution in [0.4, 0.5) is 0 Å². The van der Waals surface area contributed by atoms with Gasteiger partial charge in [-0.1, -0.05) is 39.2 Å². The van der Waals surface area contributed by atoms with Gasteiger partial charge < -0.3 is 5.11 Å². The lowest BCUT2D eigenvalue weighted by atomic mass is 10.1. The number of azide groups is 1. The first-order chi connectivity index (χ1) is 6.25. The lowest BCUT2D eigenvalue weighted by molar-refractivity contribution is 0.186. The van der Waals surface area contributed by atoms with Crippen molar-refractivity contribution in [2.75, 3.05) is 6.54 Å². The van der Waals surface area contributed by atoms with Gasteiger partial charge in [0.25, 0.3) is 0 Å². The van der Waals surface area contributed by atoms with Crippen LogP contribution in [0.2, 0.25) is 0 Å². The van der Waals surface area contributed by atoms with E-state index in [2.05, 4.69) is 26.0 Å². The summed E-state index contributed by atoms with van der Waals surface area (Å²) in [7, 11) is 0. The molecule has 68 valence electrons. The Morgan fingerprint density at radius 1 is 1.54 bits per heavy atom. The van der Waals surface area contributed by atoms with E-state index in [1.807, 2.05) is 18.2 Å². The van der Waals surface area contributed by atoms with Gasteiger partial charge in [-0.2, -0.15) is 0 Å². The third-order valence-corrected chi connectivity index (χ3v) is 2.30. The summed E-state index contributed by atoms with van der Waals surface area (Å²) >= 11 is 3.29. The molecule has 0 bridgehead atoms. The molecule has 5 heteroatoms. The number of aliphatic hydroxyl groups excluding tert-OH is 1. The molecule has 1 aromatic carbocycles. The molecule has 0 amide bonds. The van der Waals surface area contributed by atoms with Crippen LogP contribution in [0.15, 0.2) is 33.9 Å². The third kappa shape index (κ3) is 2.73. The van der Waals surface area contributed by atoms with Crippen LogP contribution < -0.4 is 0 Å². The van der Waals surface area contributed by atoms with E-state index in [1.165, 1.54) is 0 Å². The van der Waals surface area contributed by atoms with Crippen molar-refractivity contribution in [1.82, 2.24) is 0 Å². The Kier molecular flexibility index (Phi) is 3.76. The van der Waals surface area contributed by atoms with Crippen LogP contribution in [0.25, 0.3) is 10.4 Å². The van der Waals surface area contributed by atoms with Gasteiger partial charge in [0.05, 0.1) is 12.6 Å². The van der Waals surface area contributed by atoms with Crippen LogP contribution in [-0.2, 0) is 0 Å². The molecule has 0 radical (unpaired) electrons. The van der Waals surface area contributed by atoms with E-state index in [1.54, 1.807) is 6.07 Å². The van der Waals surface area contributed by atoms with Gasteiger partial charge >= 0.3 is 0 Å². The molecule has 0 heterocycles. The lowest BCUT2D eigenvalue weighted by Crippen LogP contribution is -2.01. The van der Waals surface area contributed by atoms with Crippen LogP contribution in [0.3, 0.4) is 0 Å². The predicted octanol–water partition coefficient (Wildman–Crippen LogP) is 2.79. The Bertz CT molecular complexity index is 336. The maximum atomic E-state index is 9.54.